The van der Waals surface area contributed by atoms with Crippen molar-refractivity contribution in [3.8, 4) is 0 Å². The van der Waals surface area contributed by atoms with Crippen molar-refractivity contribution in [3.63, 3.8) is 0 Å². The van der Waals surface area contributed by atoms with Gasteiger partial charge in [-0.05, 0) is 30.5 Å². The lowest BCUT2D eigenvalue weighted by Crippen LogP contribution is -2.36. The van der Waals surface area contributed by atoms with Crippen molar-refractivity contribution in [2.45, 2.75) is 20.0 Å². The van der Waals surface area contributed by atoms with E-state index < -0.39 is 0 Å². The molecule has 0 atom stereocenters. The van der Waals surface area contributed by atoms with Crippen LogP contribution in [0.25, 0.3) is 0 Å². The maximum absolute atomic E-state index is 8.10. The van der Waals surface area contributed by atoms with Gasteiger partial charge in [0.25, 0.3) is 0 Å². The lowest BCUT2D eigenvalue weighted by Gasteiger charge is -2.24. The highest BCUT2D eigenvalue weighted by molar-refractivity contribution is 6.17. The normalized spacial score (nSPS) is 14.4. The fraction of sp³-hybridized carbons (Fsp3) is 0.222. The van der Waals surface area contributed by atoms with Crippen LogP contribution in [0.2, 0.25) is 0 Å². The highest BCUT2D eigenvalue weighted by atomic mass is 16.5. The third kappa shape index (κ3) is 2.78. The molecule has 22 heavy (non-hydrogen) atoms. The Kier molecular flexibility index (Phi) is 4.02. The summed E-state index contributed by atoms with van der Waals surface area (Å²) in [7, 11) is 0. The molecule has 4 heteroatoms. The second-order valence-corrected chi connectivity index (χ2v) is 5.44. The third-order valence-corrected chi connectivity index (χ3v) is 3.82. The van der Waals surface area contributed by atoms with Gasteiger partial charge in [0, 0.05) is 5.56 Å². The molecule has 0 bridgehead atoms. The zero-order valence-electron chi connectivity index (χ0n) is 12.6. The molecule has 0 radical (unpaired) electrons. The molecular formula is C18H19N3O. The number of nitrogens with one attached hydrogen (secondary N) is 2. The van der Waals surface area contributed by atoms with Crippen LogP contribution in [0.3, 0.4) is 0 Å². The van der Waals surface area contributed by atoms with Gasteiger partial charge in [0.2, 0.25) is 0 Å². The van der Waals surface area contributed by atoms with E-state index >= 15 is 0 Å². The maximum Gasteiger partial charge on any atom is 0.132 e. The Bertz CT molecular complexity index is 710. The number of nitrogens with zero attached hydrogens (tertiary/aromatic N) is 1. The summed E-state index contributed by atoms with van der Waals surface area (Å²) in [6.07, 6.45) is 0.825. The Morgan fingerprint density at radius 2 is 1.86 bits per heavy atom. The van der Waals surface area contributed by atoms with Crippen molar-refractivity contribution in [2.75, 3.05) is 11.5 Å². The smallest absolute Gasteiger partial charge is 0.132 e. The van der Waals surface area contributed by atoms with Gasteiger partial charge in [0.1, 0.15) is 18.3 Å². The zero-order chi connectivity index (χ0) is 15.5. The molecule has 3 rings (SSSR count). The van der Waals surface area contributed by atoms with Gasteiger partial charge in [0.05, 0.1) is 12.3 Å². The van der Waals surface area contributed by atoms with Crippen molar-refractivity contribution in [3.05, 3.63) is 65.2 Å². The van der Waals surface area contributed by atoms with Crippen LogP contribution >= 0.6 is 0 Å². The first-order valence-corrected chi connectivity index (χ1v) is 7.32. The minimum atomic E-state index is 0.232. The van der Waals surface area contributed by atoms with Crippen LogP contribution < -0.4 is 4.90 Å². The lowest BCUT2D eigenvalue weighted by molar-refractivity contribution is 0.159. The minimum absolute atomic E-state index is 0.232. The second-order valence-electron chi connectivity index (χ2n) is 5.44. The van der Waals surface area contributed by atoms with Gasteiger partial charge in [-0.3, -0.25) is 15.7 Å². The molecule has 0 aromatic heterocycles. The summed E-state index contributed by atoms with van der Waals surface area (Å²) in [6, 6.07) is 16.4. The Morgan fingerprint density at radius 3 is 2.59 bits per heavy atom. The van der Waals surface area contributed by atoms with Gasteiger partial charge in [-0.15, -0.1) is 0 Å². The Hall–Kier alpha value is -2.46. The molecular weight excluding hydrogens is 274 g/mol. The molecule has 4 nitrogen and oxygen atoms in total. The molecule has 0 saturated heterocycles. The van der Waals surface area contributed by atoms with Gasteiger partial charge in [-0.25, -0.2) is 0 Å². The van der Waals surface area contributed by atoms with Gasteiger partial charge >= 0.3 is 0 Å². The van der Waals surface area contributed by atoms with Crippen molar-refractivity contribution in [1.82, 2.24) is 0 Å². The maximum atomic E-state index is 8.10. The lowest BCUT2D eigenvalue weighted by atomic mass is 9.98. The summed E-state index contributed by atoms with van der Waals surface area (Å²) in [5.41, 5.74) is 4.39. The van der Waals surface area contributed by atoms with Crippen molar-refractivity contribution in [1.29, 1.82) is 10.8 Å². The second kappa shape index (κ2) is 6.12. The van der Waals surface area contributed by atoms with Gasteiger partial charge in [-0.2, -0.15) is 0 Å². The molecule has 2 N–H and O–H groups in total. The van der Waals surface area contributed by atoms with Gasteiger partial charge < -0.3 is 4.74 Å². The number of hydrogen-bond acceptors (Lipinski definition) is 3. The van der Waals surface area contributed by atoms with Gasteiger partial charge in [0.15, 0.2) is 0 Å². The van der Waals surface area contributed by atoms with Crippen LogP contribution in [0.4, 0.5) is 5.69 Å². The van der Waals surface area contributed by atoms with E-state index in [2.05, 4.69) is 18.2 Å². The van der Waals surface area contributed by atoms with Crippen LogP contribution in [-0.4, -0.2) is 18.3 Å². The minimum Gasteiger partial charge on any atom is -0.369 e. The number of rotatable bonds is 2. The topological polar surface area (TPSA) is 60.2 Å². The number of fused-ring (bicyclic) bond motifs is 1. The van der Waals surface area contributed by atoms with Crippen LogP contribution in [0, 0.1) is 10.8 Å². The molecule has 0 unspecified atom stereocenters. The number of anilines is 1. The van der Waals surface area contributed by atoms with Crippen molar-refractivity contribution >= 4 is 17.4 Å². The van der Waals surface area contributed by atoms with E-state index in [1.165, 1.54) is 11.1 Å². The number of benzene rings is 2. The third-order valence-electron chi connectivity index (χ3n) is 3.82. The number of ether oxygens (including phenoxy) is 1. The van der Waals surface area contributed by atoms with E-state index in [-0.39, 0.29) is 6.61 Å². The largest absolute Gasteiger partial charge is 0.369 e. The molecule has 0 spiro atoms. The Morgan fingerprint density at radius 1 is 1.09 bits per heavy atom. The molecule has 1 aliphatic rings. The first-order chi connectivity index (χ1) is 10.7. The first-order valence-electron chi connectivity index (χ1n) is 7.32. The highest BCUT2D eigenvalue weighted by Gasteiger charge is 2.23. The summed E-state index contributed by atoms with van der Waals surface area (Å²) in [4.78, 5) is 1.66. The fourth-order valence-corrected chi connectivity index (χ4v) is 2.82. The van der Waals surface area contributed by atoms with Crippen LogP contribution in [0.5, 0.6) is 0 Å². The molecule has 2 aromatic carbocycles. The van der Waals surface area contributed by atoms with E-state index in [1.807, 2.05) is 30.3 Å². The zero-order valence-corrected chi connectivity index (χ0v) is 12.6. The van der Waals surface area contributed by atoms with E-state index in [0.717, 1.165) is 17.7 Å². The average Bonchev–Trinajstić information content (AvgIpc) is 2.67. The summed E-state index contributed by atoms with van der Waals surface area (Å²) < 4.78 is 5.63. The standard InChI is InChI=1S/C18H19N3O/c1-13(19)21-17-9-5-8-15(10-14-6-3-2-4-7-14)16(17)11-22-12-18(21)20/h2-9,19-20H,10-12H2,1H3. The Labute approximate surface area is 130 Å². The average molecular weight is 293 g/mol. The SMILES string of the molecule is CC(=N)N1C(=N)COCc2c(Cc3ccccc3)cccc21. The van der Waals surface area contributed by atoms with Crippen molar-refractivity contribution < 1.29 is 4.74 Å². The van der Waals surface area contributed by atoms with Crippen LogP contribution in [-0.2, 0) is 17.8 Å². The molecule has 1 aliphatic heterocycles. The predicted molar refractivity (Wildman–Crippen MR) is 89.0 cm³/mol. The monoisotopic (exact) mass is 293 g/mol. The quantitative estimate of drug-likeness (QED) is 0.656. The number of amidine groups is 2. The molecule has 0 amide bonds. The molecule has 2 aromatic rings. The first kappa shape index (κ1) is 14.5. The van der Waals surface area contributed by atoms with E-state index in [1.54, 1.807) is 11.8 Å². The van der Waals surface area contributed by atoms with Crippen molar-refractivity contribution in [2.24, 2.45) is 0 Å². The molecule has 1 heterocycles. The van der Waals surface area contributed by atoms with E-state index in [9.17, 15) is 0 Å². The molecule has 0 aliphatic carbocycles. The van der Waals surface area contributed by atoms with Crippen LogP contribution in [0.15, 0.2) is 48.5 Å². The fourth-order valence-electron chi connectivity index (χ4n) is 2.82. The summed E-state index contributed by atoms with van der Waals surface area (Å²) in [5.74, 6) is 0.650. The number of hydrogen-bond donors (Lipinski definition) is 2. The van der Waals surface area contributed by atoms with E-state index in [4.69, 9.17) is 15.6 Å². The summed E-state index contributed by atoms with van der Waals surface area (Å²) in [6.45, 7) is 2.41. The van der Waals surface area contributed by atoms with Crippen LogP contribution in [0.1, 0.15) is 23.6 Å². The van der Waals surface area contributed by atoms with Gasteiger partial charge in [-0.1, -0.05) is 42.5 Å². The van der Waals surface area contributed by atoms with E-state index in [0.29, 0.717) is 18.3 Å². The molecule has 0 saturated carbocycles. The molecule has 0 fully saturated rings. The summed E-state index contributed by atoms with van der Waals surface area (Å²) >= 11 is 0. The molecule has 112 valence electrons. The Balaban J connectivity index is 2.04. The summed E-state index contributed by atoms with van der Waals surface area (Å²) in [5, 5.41) is 16.1. The highest BCUT2D eigenvalue weighted by Crippen LogP contribution is 2.29. The predicted octanol–water partition coefficient (Wildman–Crippen LogP) is 3.59.